The molecule has 3 aliphatic rings. The molecule has 1 saturated heterocycles. The molecule has 0 amide bonds. The molecule has 39 heavy (non-hydrogen) atoms. The van der Waals surface area contributed by atoms with Crippen LogP contribution in [-0.2, 0) is 25.9 Å². The predicted octanol–water partition coefficient (Wildman–Crippen LogP) is 4.79. The number of benzene rings is 1. The number of nitrogens with zero attached hydrogens (tertiary/aromatic N) is 7. The summed E-state index contributed by atoms with van der Waals surface area (Å²) in [6.45, 7) is 3.77. The summed E-state index contributed by atoms with van der Waals surface area (Å²) >= 11 is 0. The summed E-state index contributed by atoms with van der Waals surface area (Å²) in [5.74, 6) is 2.45. The second kappa shape index (κ2) is 11.4. The Morgan fingerprint density at radius 2 is 1.92 bits per heavy atom. The lowest BCUT2D eigenvalue weighted by Crippen LogP contribution is -2.33. The van der Waals surface area contributed by atoms with Crippen LogP contribution in [-0.4, -0.2) is 75.7 Å². The number of aliphatic imine (C=N–C) groups is 1. The molecule has 1 aliphatic carbocycles. The van der Waals surface area contributed by atoms with E-state index in [9.17, 15) is 0 Å². The lowest BCUT2D eigenvalue weighted by Gasteiger charge is -2.35. The van der Waals surface area contributed by atoms with Gasteiger partial charge in [0, 0.05) is 58.1 Å². The van der Waals surface area contributed by atoms with Crippen LogP contribution in [0.15, 0.2) is 59.7 Å². The maximum Gasteiger partial charge on any atom is 0.115 e. The quantitative estimate of drug-likeness (QED) is 0.398. The van der Waals surface area contributed by atoms with E-state index in [-0.39, 0.29) is 6.04 Å². The number of hydrogen-bond donors (Lipinski definition) is 0. The topological polar surface area (TPSA) is 52.8 Å². The first-order valence-electron chi connectivity index (χ1n) is 14.5. The van der Waals surface area contributed by atoms with Crippen molar-refractivity contribution < 1.29 is 0 Å². The summed E-state index contributed by atoms with van der Waals surface area (Å²) in [4.78, 5) is 22.2. The molecule has 1 fully saturated rings. The van der Waals surface area contributed by atoms with Crippen LogP contribution in [0.5, 0.6) is 0 Å². The van der Waals surface area contributed by atoms with Crippen molar-refractivity contribution in [1.82, 2.24) is 29.2 Å². The summed E-state index contributed by atoms with van der Waals surface area (Å²) in [6.07, 6.45) is 13.0. The molecule has 0 bridgehead atoms. The van der Waals surface area contributed by atoms with Crippen LogP contribution < -0.4 is 0 Å². The predicted molar refractivity (Wildman–Crippen MR) is 158 cm³/mol. The van der Waals surface area contributed by atoms with Gasteiger partial charge in [-0.25, -0.2) is 4.98 Å². The van der Waals surface area contributed by atoms with Crippen molar-refractivity contribution in [3.63, 3.8) is 0 Å². The average Bonchev–Trinajstić information content (AvgIpc) is 3.59. The van der Waals surface area contributed by atoms with E-state index < -0.39 is 0 Å². The summed E-state index contributed by atoms with van der Waals surface area (Å²) in [7, 11) is 6.26. The highest BCUT2D eigenvalue weighted by Gasteiger charge is 2.32. The molecule has 0 radical (unpaired) electrons. The van der Waals surface area contributed by atoms with E-state index in [0.717, 1.165) is 69.1 Å². The minimum Gasteiger partial charge on any atom is -0.356 e. The minimum atomic E-state index is 0.273. The Morgan fingerprint density at radius 3 is 2.72 bits per heavy atom. The van der Waals surface area contributed by atoms with Gasteiger partial charge >= 0.3 is 0 Å². The number of aromatic nitrogens is 3. The number of allylic oxidation sites excluding steroid dienone is 1. The molecule has 7 nitrogen and oxygen atoms in total. The maximum absolute atomic E-state index is 5.31. The van der Waals surface area contributed by atoms with Crippen LogP contribution in [0, 0.1) is 0 Å². The maximum atomic E-state index is 5.31. The summed E-state index contributed by atoms with van der Waals surface area (Å²) in [6, 6.07) is 16.0. The molecule has 2 aromatic heterocycles. The normalized spacial score (nSPS) is 21.1. The molecule has 0 unspecified atom stereocenters. The van der Waals surface area contributed by atoms with Crippen molar-refractivity contribution in [2.75, 3.05) is 34.2 Å². The molecule has 2 atom stereocenters. The average molecular weight is 524 g/mol. The van der Waals surface area contributed by atoms with E-state index in [1.807, 2.05) is 19.5 Å². The zero-order valence-electron chi connectivity index (χ0n) is 23.6. The second-order valence-corrected chi connectivity index (χ2v) is 11.4. The third-order valence-corrected chi connectivity index (χ3v) is 8.64. The molecule has 0 saturated carbocycles. The molecule has 7 heteroatoms. The van der Waals surface area contributed by atoms with Crippen LogP contribution in [0.4, 0.5) is 0 Å². The molecular formula is C32H41N7. The summed E-state index contributed by atoms with van der Waals surface area (Å²) in [5, 5.41) is 0. The third-order valence-electron chi connectivity index (χ3n) is 8.64. The molecule has 204 valence electrons. The first kappa shape index (κ1) is 26.0. The van der Waals surface area contributed by atoms with Crippen LogP contribution >= 0.6 is 0 Å². The number of imidazole rings is 1. The highest BCUT2D eigenvalue weighted by Crippen LogP contribution is 2.36. The van der Waals surface area contributed by atoms with Gasteiger partial charge in [0.15, 0.2) is 0 Å². The van der Waals surface area contributed by atoms with Crippen molar-refractivity contribution in [3.8, 4) is 0 Å². The molecule has 4 heterocycles. The van der Waals surface area contributed by atoms with Crippen molar-refractivity contribution >= 4 is 12.0 Å². The molecular weight excluding hydrogens is 482 g/mol. The van der Waals surface area contributed by atoms with Gasteiger partial charge in [-0.3, -0.25) is 19.4 Å². The van der Waals surface area contributed by atoms with Crippen LogP contribution in [0.1, 0.15) is 65.8 Å². The van der Waals surface area contributed by atoms with Crippen LogP contribution in [0.2, 0.25) is 0 Å². The van der Waals surface area contributed by atoms with Crippen molar-refractivity contribution in [2.24, 2.45) is 4.99 Å². The van der Waals surface area contributed by atoms with Gasteiger partial charge in [-0.1, -0.05) is 36.4 Å². The number of rotatable bonds is 8. The third kappa shape index (κ3) is 5.30. The fourth-order valence-corrected chi connectivity index (χ4v) is 6.62. The Bertz CT molecular complexity index is 1340. The number of fused-ring (bicyclic) bond motifs is 2. The van der Waals surface area contributed by atoms with E-state index in [2.05, 4.69) is 86.9 Å². The highest BCUT2D eigenvalue weighted by molar-refractivity contribution is 5.81. The monoisotopic (exact) mass is 523 g/mol. The van der Waals surface area contributed by atoms with E-state index in [4.69, 9.17) is 9.97 Å². The molecule has 0 spiro atoms. The summed E-state index contributed by atoms with van der Waals surface area (Å²) < 4.78 is 2.40. The van der Waals surface area contributed by atoms with Crippen LogP contribution in [0.25, 0.3) is 5.82 Å². The standard InChI is InChI=1S/C32H41N7/c1-33-20-29-27(35-30-15-8-16-31(39(29)30)37-19-17-26(22-37)36(2)3)23-38(21-24-10-5-4-6-11-24)28-14-7-12-25-13-9-18-34-32(25)28/h4-6,9-11,13,16,18,20,26,28H,7-8,12,14-15,17,19,21-23H2,1-3H3/t26-,28+/m1/s1. The van der Waals surface area contributed by atoms with E-state index in [0.29, 0.717) is 6.04 Å². The van der Waals surface area contributed by atoms with Gasteiger partial charge in [0.2, 0.25) is 0 Å². The van der Waals surface area contributed by atoms with Gasteiger partial charge in [-0.05, 0) is 69.5 Å². The molecule has 2 aliphatic heterocycles. The molecule has 0 N–H and O–H groups in total. The van der Waals surface area contributed by atoms with Crippen molar-refractivity contribution in [3.05, 3.63) is 88.8 Å². The Labute approximate surface area is 232 Å². The van der Waals surface area contributed by atoms with Crippen molar-refractivity contribution in [1.29, 1.82) is 0 Å². The Balaban J connectivity index is 1.36. The SMILES string of the molecule is CN=Cc1c(CN(Cc2ccccc2)[C@H]2CCCc3cccnc32)nc2n1C(N1CC[C@@H](N(C)C)C1)=CCC2. The van der Waals surface area contributed by atoms with Gasteiger partial charge in [-0.2, -0.15) is 0 Å². The smallest absolute Gasteiger partial charge is 0.115 e. The van der Waals surface area contributed by atoms with Crippen molar-refractivity contribution in [2.45, 2.75) is 63.7 Å². The van der Waals surface area contributed by atoms with E-state index >= 15 is 0 Å². The van der Waals surface area contributed by atoms with Gasteiger partial charge in [0.25, 0.3) is 0 Å². The summed E-state index contributed by atoms with van der Waals surface area (Å²) in [5.41, 5.74) is 6.19. The van der Waals surface area contributed by atoms with E-state index in [1.165, 1.54) is 35.5 Å². The van der Waals surface area contributed by atoms with Gasteiger partial charge in [0.05, 0.1) is 23.1 Å². The number of aryl methyl sites for hydroxylation is 2. The highest BCUT2D eigenvalue weighted by atomic mass is 15.3. The largest absolute Gasteiger partial charge is 0.356 e. The number of likely N-dealkylation sites (N-methyl/N-ethyl adjacent to an activating group) is 1. The van der Waals surface area contributed by atoms with Gasteiger partial charge in [0.1, 0.15) is 11.6 Å². The Kier molecular flexibility index (Phi) is 7.62. The zero-order chi connectivity index (χ0) is 26.8. The number of hydrogen-bond acceptors (Lipinski definition) is 6. The first-order chi connectivity index (χ1) is 19.1. The number of pyridine rings is 1. The van der Waals surface area contributed by atoms with Gasteiger partial charge in [-0.15, -0.1) is 0 Å². The van der Waals surface area contributed by atoms with Gasteiger partial charge < -0.3 is 9.80 Å². The lowest BCUT2D eigenvalue weighted by atomic mass is 9.90. The Morgan fingerprint density at radius 1 is 1.05 bits per heavy atom. The van der Waals surface area contributed by atoms with Crippen LogP contribution in [0.3, 0.4) is 0 Å². The molecule has 1 aromatic carbocycles. The lowest BCUT2D eigenvalue weighted by molar-refractivity contribution is 0.155. The fraction of sp³-hybridized carbons (Fsp3) is 0.469. The molecule has 3 aromatic rings. The zero-order valence-corrected chi connectivity index (χ0v) is 23.6. The minimum absolute atomic E-state index is 0.273. The second-order valence-electron chi connectivity index (χ2n) is 11.4. The molecule has 6 rings (SSSR count). The van der Waals surface area contributed by atoms with E-state index in [1.54, 1.807) is 0 Å². The fourth-order valence-electron chi connectivity index (χ4n) is 6.62. The Hall–Kier alpha value is -3.29. The first-order valence-corrected chi connectivity index (χ1v) is 14.5. The number of likely N-dealkylation sites (tertiary alicyclic amines) is 1.